The van der Waals surface area contributed by atoms with Crippen LogP contribution >= 0.6 is 0 Å². The number of hydrogen-bond donors (Lipinski definition) is 2. The third-order valence-corrected chi connectivity index (χ3v) is 3.02. The molecule has 0 saturated heterocycles. The van der Waals surface area contributed by atoms with Crippen LogP contribution in [-0.2, 0) is 15.6 Å². The van der Waals surface area contributed by atoms with Gasteiger partial charge >= 0.3 is 5.97 Å². The molecule has 0 aliphatic rings. The first-order chi connectivity index (χ1) is 6.59. The molecule has 0 bridgehead atoms. The minimum atomic E-state index is -1.25. The number of carboxylic acids is 1. The zero-order chi connectivity index (χ0) is 10.6. The fraction of sp³-hybridized carbons (Fsp3) is 0.222. The number of nitrogens with two attached hydrogens (primary N) is 1. The van der Waals surface area contributed by atoms with Crippen LogP contribution in [0.3, 0.4) is 0 Å². The predicted octanol–water partition coefficient (Wildman–Crippen LogP) is 0.851. The number of carbonyl (C=O) groups is 1. The van der Waals surface area contributed by atoms with Crippen LogP contribution in [0, 0.1) is 0 Å². The molecule has 5 heteroatoms. The van der Waals surface area contributed by atoms with E-state index in [2.05, 4.69) is 0 Å². The molecule has 14 heavy (non-hydrogen) atoms. The molecule has 76 valence electrons. The lowest BCUT2D eigenvalue weighted by atomic mass is 10.3. The van der Waals surface area contributed by atoms with Crippen LogP contribution in [0.15, 0.2) is 29.2 Å². The Morgan fingerprint density at radius 3 is 2.43 bits per heavy atom. The second-order valence-electron chi connectivity index (χ2n) is 2.76. The van der Waals surface area contributed by atoms with E-state index in [-0.39, 0.29) is 12.2 Å². The summed E-state index contributed by atoms with van der Waals surface area (Å²) in [5.74, 6) is -0.798. The van der Waals surface area contributed by atoms with E-state index in [0.717, 1.165) is 0 Å². The average Bonchev–Trinajstić information content (AvgIpc) is 2.15. The second kappa shape index (κ2) is 4.76. The molecule has 0 heterocycles. The van der Waals surface area contributed by atoms with Crippen molar-refractivity contribution in [2.24, 2.45) is 0 Å². The van der Waals surface area contributed by atoms with Crippen molar-refractivity contribution in [3.05, 3.63) is 24.3 Å². The Hall–Kier alpha value is -1.36. The standard InChI is InChI=1S/C9H11NO3S/c10-7-1-3-8(4-2-7)14(13)6-5-9(11)12/h1-4H,5-6,10H2,(H,11,12). The van der Waals surface area contributed by atoms with Crippen LogP contribution in [0.2, 0.25) is 0 Å². The molecular weight excluding hydrogens is 202 g/mol. The molecule has 0 radical (unpaired) electrons. The highest BCUT2D eigenvalue weighted by atomic mass is 32.2. The van der Waals surface area contributed by atoms with Crippen LogP contribution in [0.1, 0.15) is 6.42 Å². The Labute approximate surface area is 84.2 Å². The summed E-state index contributed by atoms with van der Waals surface area (Å²) in [5.41, 5.74) is 6.06. The number of anilines is 1. The van der Waals surface area contributed by atoms with Crippen LogP contribution < -0.4 is 5.73 Å². The minimum Gasteiger partial charge on any atom is -0.481 e. The molecule has 1 aromatic carbocycles. The Balaban J connectivity index is 2.61. The van der Waals surface area contributed by atoms with Crippen molar-refractivity contribution in [2.45, 2.75) is 11.3 Å². The molecular formula is C9H11NO3S. The molecule has 1 aromatic rings. The van der Waals surface area contributed by atoms with Gasteiger partial charge in [-0.1, -0.05) is 0 Å². The highest BCUT2D eigenvalue weighted by molar-refractivity contribution is 7.85. The van der Waals surface area contributed by atoms with E-state index in [1.54, 1.807) is 24.3 Å². The summed E-state index contributed by atoms with van der Waals surface area (Å²) in [5, 5.41) is 8.40. The van der Waals surface area contributed by atoms with Gasteiger partial charge < -0.3 is 10.8 Å². The summed E-state index contributed by atoms with van der Waals surface area (Å²) in [6.45, 7) is 0. The van der Waals surface area contributed by atoms with Gasteiger partial charge in [0.05, 0.1) is 17.2 Å². The molecule has 0 saturated carbocycles. The first-order valence-electron chi connectivity index (χ1n) is 4.05. The zero-order valence-corrected chi connectivity index (χ0v) is 8.29. The van der Waals surface area contributed by atoms with Crippen LogP contribution in [0.5, 0.6) is 0 Å². The van der Waals surface area contributed by atoms with E-state index in [9.17, 15) is 9.00 Å². The first kappa shape index (κ1) is 10.7. The maximum atomic E-state index is 11.5. The van der Waals surface area contributed by atoms with Crippen LogP contribution in [-0.4, -0.2) is 21.0 Å². The fourth-order valence-corrected chi connectivity index (χ4v) is 1.95. The first-order valence-corrected chi connectivity index (χ1v) is 5.37. The lowest BCUT2D eigenvalue weighted by Crippen LogP contribution is -2.04. The SMILES string of the molecule is Nc1ccc(S(=O)CCC(=O)O)cc1. The van der Waals surface area contributed by atoms with Gasteiger partial charge in [-0.25, -0.2) is 0 Å². The summed E-state index contributed by atoms with van der Waals surface area (Å²) < 4.78 is 11.5. The largest absolute Gasteiger partial charge is 0.481 e. The lowest BCUT2D eigenvalue weighted by Gasteiger charge is -2.00. The van der Waals surface area contributed by atoms with Gasteiger partial charge in [0.25, 0.3) is 0 Å². The molecule has 1 rings (SSSR count). The molecule has 1 unspecified atom stereocenters. The van der Waals surface area contributed by atoms with Gasteiger partial charge in [-0.05, 0) is 24.3 Å². The van der Waals surface area contributed by atoms with Crippen molar-refractivity contribution in [1.82, 2.24) is 0 Å². The predicted molar refractivity (Wildman–Crippen MR) is 54.4 cm³/mol. The normalized spacial score (nSPS) is 12.3. The molecule has 0 aliphatic carbocycles. The summed E-state index contributed by atoms with van der Waals surface area (Å²) in [7, 11) is -1.25. The molecule has 3 N–H and O–H groups in total. The van der Waals surface area contributed by atoms with Gasteiger partial charge in [-0.3, -0.25) is 9.00 Å². The molecule has 0 fully saturated rings. The number of carboxylic acid groups (broad SMARTS) is 1. The van der Waals surface area contributed by atoms with Crippen molar-refractivity contribution in [3.8, 4) is 0 Å². The van der Waals surface area contributed by atoms with Crippen molar-refractivity contribution >= 4 is 22.5 Å². The fourth-order valence-electron chi connectivity index (χ4n) is 0.917. The summed E-state index contributed by atoms with van der Waals surface area (Å²) in [6.07, 6.45) is -0.0863. The Morgan fingerprint density at radius 1 is 1.36 bits per heavy atom. The van der Waals surface area contributed by atoms with Gasteiger partial charge in [0, 0.05) is 16.3 Å². The molecule has 0 aliphatic heterocycles. The Bertz CT molecular complexity index is 348. The molecule has 4 nitrogen and oxygen atoms in total. The van der Waals surface area contributed by atoms with Gasteiger partial charge in [-0.2, -0.15) is 0 Å². The second-order valence-corrected chi connectivity index (χ2v) is 4.33. The smallest absolute Gasteiger partial charge is 0.304 e. The Morgan fingerprint density at radius 2 is 1.93 bits per heavy atom. The van der Waals surface area contributed by atoms with Gasteiger partial charge in [0.15, 0.2) is 0 Å². The monoisotopic (exact) mass is 213 g/mol. The highest BCUT2D eigenvalue weighted by Gasteiger charge is 2.05. The summed E-state index contributed by atoms with van der Waals surface area (Å²) in [4.78, 5) is 10.8. The third kappa shape index (κ3) is 3.18. The number of hydrogen-bond acceptors (Lipinski definition) is 3. The number of rotatable bonds is 4. The quantitative estimate of drug-likeness (QED) is 0.726. The van der Waals surface area contributed by atoms with E-state index in [1.165, 1.54) is 0 Å². The molecule has 0 aromatic heterocycles. The number of benzene rings is 1. The maximum Gasteiger partial charge on any atom is 0.304 e. The summed E-state index contributed by atoms with van der Waals surface area (Å²) in [6, 6.07) is 6.59. The highest BCUT2D eigenvalue weighted by Crippen LogP contribution is 2.10. The Kier molecular flexibility index (Phi) is 3.64. The van der Waals surface area contributed by atoms with Crippen LogP contribution in [0.25, 0.3) is 0 Å². The van der Waals surface area contributed by atoms with Gasteiger partial charge in [-0.15, -0.1) is 0 Å². The van der Waals surface area contributed by atoms with Crippen LogP contribution in [0.4, 0.5) is 5.69 Å². The van der Waals surface area contributed by atoms with Crippen molar-refractivity contribution < 1.29 is 14.1 Å². The van der Waals surface area contributed by atoms with Crippen molar-refractivity contribution in [1.29, 1.82) is 0 Å². The van der Waals surface area contributed by atoms with E-state index in [0.29, 0.717) is 10.6 Å². The molecule has 0 spiro atoms. The molecule has 1 atom stereocenters. The van der Waals surface area contributed by atoms with Gasteiger partial charge in [0.2, 0.25) is 0 Å². The van der Waals surface area contributed by atoms with Crippen molar-refractivity contribution in [3.63, 3.8) is 0 Å². The average molecular weight is 213 g/mol. The van der Waals surface area contributed by atoms with E-state index in [4.69, 9.17) is 10.8 Å². The third-order valence-electron chi connectivity index (χ3n) is 1.64. The zero-order valence-electron chi connectivity index (χ0n) is 7.47. The van der Waals surface area contributed by atoms with E-state index < -0.39 is 16.8 Å². The van der Waals surface area contributed by atoms with E-state index >= 15 is 0 Å². The van der Waals surface area contributed by atoms with E-state index in [1.807, 2.05) is 0 Å². The summed E-state index contributed by atoms with van der Waals surface area (Å²) >= 11 is 0. The minimum absolute atomic E-state index is 0.0863. The van der Waals surface area contributed by atoms with Gasteiger partial charge in [0.1, 0.15) is 0 Å². The maximum absolute atomic E-state index is 11.5. The number of aliphatic carboxylic acids is 1. The number of nitrogen functional groups attached to an aromatic ring is 1. The molecule has 0 amide bonds. The lowest BCUT2D eigenvalue weighted by molar-refractivity contribution is -0.136. The van der Waals surface area contributed by atoms with Crippen molar-refractivity contribution in [2.75, 3.05) is 11.5 Å². The topological polar surface area (TPSA) is 80.4 Å².